The van der Waals surface area contributed by atoms with Crippen molar-refractivity contribution in [1.82, 2.24) is 0 Å². The normalized spacial score (nSPS) is 9.31. The van der Waals surface area contributed by atoms with E-state index in [2.05, 4.69) is 12.6 Å². The maximum atomic E-state index is 8.75. The lowest BCUT2D eigenvalue weighted by Gasteiger charge is -2.14. The molecule has 0 aliphatic heterocycles. The van der Waals surface area contributed by atoms with Gasteiger partial charge in [-0.3, -0.25) is 0 Å². The van der Waals surface area contributed by atoms with E-state index in [-0.39, 0.29) is 0 Å². The molecule has 0 spiro atoms. The molecule has 0 bridgehead atoms. The first-order valence-corrected chi connectivity index (χ1v) is 4.99. The van der Waals surface area contributed by atoms with Gasteiger partial charge >= 0.3 is 0 Å². The number of ether oxygens (including phenoxy) is 2. The van der Waals surface area contributed by atoms with Crippen molar-refractivity contribution < 1.29 is 9.47 Å². The Bertz CT molecular complexity index is 419. The molecule has 1 aromatic rings. The predicted molar refractivity (Wildman–Crippen MR) is 62.8 cm³/mol. The lowest BCUT2D eigenvalue weighted by Crippen LogP contribution is -2.00. The molecule has 0 aliphatic carbocycles. The summed E-state index contributed by atoms with van der Waals surface area (Å²) in [5, 5.41) is 8.75. The Hall–Kier alpha value is -1.95. The first kappa shape index (κ1) is 12.1. The molecule has 1 aromatic carbocycles. The number of methoxy groups -OCH3 is 2. The zero-order valence-electron chi connectivity index (χ0n) is 9.62. The van der Waals surface area contributed by atoms with Crippen LogP contribution < -0.4 is 9.47 Å². The monoisotopic (exact) mass is 217 g/mol. The first-order valence-electron chi connectivity index (χ1n) is 4.99. The number of benzene rings is 1. The van der Waals surface area contributed by atoms with Gasteiger partial charge in [0.05, 0.1) is 26.7 Å². The van der Waals surface area contributed by atoms with Crippen LogP contribution >= 0.6 is 0 Å². The topological polar surface area (TPSA) is 42.2 Å². The van der Waals surface area contributed by atoms with Crippen LogP contribution in [-0.4, -0.2) is 14.2 Å². The number of hydrogen-bond acceptors (Lipinski definition) is 3. The number of rotatable bonds is 5. The second kappa shape index (κ2) is 5.82. The zero-order chi connectivity index (χ0) is 12.0. The number of nitriles is 1. The second-order valence-corrected chi connectivity index (χ2v) is 3.27. The van der Waals surface area contributed by atoms with Crippen LogP contribution in [0.1, 0.15) is 11.1 Å². The van der Waals surface area contributed by atoms with Crippen molar-refractivity contribution in [3.63, 3.8) is 0 Å². The van der Waals surface area contributed by atoms with Gasteiger partial charge in [-0.15, -0.1) is 6.58 Å². The van der Waals surface area contributed by atoms with E-state index in [1.807, 2.05) is 12.1 Å². The summed E-state index contributed by atoms with van der Waals surface area (Å²) in [6.07, 6.45) is 2.82. The third kappa shape index (κ3) is 2.34. The molecule has 16 heavy (non-hydrogen) atoms. The zero-order valence-corrected chi connectivity index (χ0v) is 9.62. The van der Waals surface area contributed by atoms with Gasteiger partial charge < -0.3 is 9.47 Å². The SMILES string of the molecule is C=CCc1c(CC#N)ccc(OC)c1OC. The van der Waals surface area contributed by atoms with Gasteiger partial charge in [0.1, 0.15) is 0 Å². The minimum atomic E-state index is 0.365. The van der Waals surface area contributed by atoms with Gasteiger partial charge in [-0.05, 0) is 18.1 Å². The van der Waals surface area contributed by atoms with E-state index in [0.29, 0.717) is 24.3 Å². The van der Waals surface area contributed by atoms with Crippen LogP contribution in [0.15, 0.2) is 24.8 Å². The van der Waals surface area contributed by atoms with Crippen molar-refractivity contribution in [3.05, 3.63) is 35.9 Å². The van der Waals surface area contributed by atoms with Gasteiger partial charge in [-0.1, -0.05) is 12.1 Å². The molecule has 0 radical (unpaired) electrons. The van der Waals surface area contributed by atoms with Gasteiger partial charge in [0, 0.05) is 5.56 Å². The van der Waals surface area contributed by atoms with Crippen LogP contribution in [0.2, 0.25) is 0 Å². The highest BCUT2D eigenvalue weighted by atomic mass is 16.5. The fraction of sp³-hybridized carbons (Fsp3) is 0.308. The van der Waals surface area contributed by atoms with E-state index < -0.39 is 0 Å². The predicted octanol–water partition coefficient (Wildman–Crippen LogP) is 2.50. The summed E-state index contributed by atoms with van der Waals surface area (Å²) >= 11 is 0. The first-order chi connectivity index (χ1) is 7.78. The van der Waals surface area contributed by atoms with Crippen LogP contribution in [0.25, 0.3) is 0 Å². The highest BCUT2D eigenvalue weighted by Crippen LogP contribution is 2.34. The van der Waals surface area contributed by atoms with Gasteiger partial charge in [0.25, 0.3) is 0 Å². The van der Waals surface area contributed by atoms with Crippen molar-refractivity contribution in [2.45, 2.75) is 12.8 Å². The van der Waals surface area contributed by atoms with Gasteiger partial charge in [-0.2, -0.15) is 5.26 Å². The summed E-state index contributed by atoms with van der Waals surface area (Å²) in [6, 6.07) is 5.85. The lowest BCUT2D eigenvalue weighted by molar-refractivity contribution is 0.352. The van der Waals surface area contributed by atoms with Crippen LogP contribution in [0.3, 0.4) is 0 Å². The van der Waals surface area contributed by atoms with Crippen LogP contribution in [0.4, 0.5) is 0 Å². The quantitative estimate of drug-likeness (QED) is 0.711. The summed E-state index contributed by atoms with van der Waals surface area (Å²) in [5.74, 6) is 1.37. The van der Waals surface area contributed by atoms with E-state index >= 15 is 0 Å². The summed E-state index contributed by atoms with van der Waals surface area (Å²) in [4.78, 5) is 0. The summed E-state index contributed by atoms with van der Waals surface area (Å²) in [5.41, 5.74) is 1.93. The average Bonchev–Trinajstić information content (AvgIpc) is 2.31. The minimum absolute atomic E-state index is 0.365. The van der Waals surface area contributed by atoms with Crippen LogP contribution in [0.5, 0.6) is 11.5 Å². The molecule has 0 heterocycles. The van der Waals surface area contributed by atoms with E-state index in [4.69, 9.17) is 14.7 Å². The van der Waals surface area contributed by atoms with Crippen molar-refractivity contribution >= 4 is 0 Å². The minimum Gasteiger partial charge on any atom is -0.493 e. The lowest BCUT2D eigenvalue weighted by atomic mass is 10.0. The third-order valence-electron chi connectivity index (χ3n) is 2.36. The molecule has 84 valence electrons. The number of hydrogen-bond donors (Lipinski definition) is 0. The van der Waals surface area contributed by atoms with E-state index in [1.165, 1.54) is 0 Å². The molecule has 0 atom stereocenters. The van der Waals surface area contributed by atoms with E-state index in [0.717, 1.165) is 11.1 Å². The van der Waals surface area contributed by atoms with E-state index in [9.17, 15) is 0 Å². The Morgan fingerprint density at radius 1 is 1.38 bits per heavy atom. The largest absolute Gasteiger partial charge is 0.493 e. The fourth-order valence-corrected chi connectivity index (χ4v) is 1.65. The molecule has 0 saturated carbocycles. The molecule has 0 saturated heterocycles. The van der Waals surface area contributed by atoms with Crippen molar-refractivity contribution in [2.75, 3.05) is 14.2 Å². The summed E-state index contributed by atoms with van der Waals surface area (Å²) in [7, 11) is 3.19. The molecular formula is C13H15NO2. The summed E-state index contributed by atoms with van der Waals surface area (Å²) < 4.78 is 10.5. The Morgan fingerprint density at radius 2 is 2.12 bits per heavy atom. The van der Waals surface area contributed by atoms with Crippen LogP contribution in [-0.2, 0) is 12.8 Å². The fourth-order valence-electron chi connectivity index (χ4n) is 1.65. The van der Waals surface area contributed by atoms with Gasteiger partial charge in [0.15, 0.2) is 11.5 Å². The third-order valence-corrected chi connectivity index (χ3v) is 2.36. The van der Waals surface area contributed by atoms with E-state index in [1.54, 1.807) is 20.3 Å². The molecule has 0 unspecified atom stereocenters. The smallest absolute Gasteiger partial charge is 0.164 e. The summed E-state index contributed by atoms with van der Waals surface area (Å²) in [6.45, 7) is 3.71. The second-order valence-electron chi connectivity index (χ2n) is 3.27. The Morgan fingerprint density at radius 3 is 2.62 bits per heavy atom. The highest BCUT2D eigenvalue weighted by molar-refractivity contribution is 5.52. The number of nitrogens with zero attached hydrogens (tertiary/aromatic N) is 1. The molecule has 0 amide bonds. The maximum absolute atomic E-state index is 8.75. The molecule has 3 heteroatoms. The molecule has 0 aromatic heterocycles. The maximum Gasteiger partial charge on any atom is 0.164 e. The highest BCUT2D eigenvalue weighted by Gasteiger charge is 2.13. The van der Waals surface area contributed by atoms with Crippen molar-refractivity contribution in [2.24, 2.45) is 0 Å². The molecule has 1 rings (SSSR count). The molecule has 0 N–H and O–H groups in total. The number of allylic oxidation sites excluding steroid dienone is 1. The Balaban J connectivity index is 3.31. The molecule has 0 aliphatic rings. The molecule has 0 fully saturated rings. The Kier molecular flexibility index (Phi) is 4.41. The average molecular weight is 217 g/mol. The Labute approximate surface area is 95.9 Å². The van der Waals surface area contributed by atoms with Crippen molar-refractivity contribution in [1.29, 1.82) is 5.26 Å². The standard InChI is InChI=1S/C13H15NO2/c1-4-5-11-10(8-9-14)6-7-12(15-2)13(11)16-3/h4,6-7H,1,5,8H2,2-3H3. The van der Waals surface area contributed by atoms with Gasteiger partial charge in [-0.25, -0.2) is 0 Å². The molecule has 3 nitrogen and oxygen atoms in total. The van der Waals surface area contributed by atoms with Crippen LogP contribution in [0, 0.1) is 11.3 Å². The molecular weight excluding hydrogens is 202 g/mol. The van der Waals surface area contributed by atoms with Crippen molar-refractivity contribution in [3.8, 4) is 17.6 Å². The van der Waals surface area contributed by atoms with Gasteiger partial charge in [0.2, 0.25) is 0 Å².